The zero-order valence-electron chi connectivity index (χ0n) is 18.1. The molecule has 1 fully saturated rings. The molecular formula is C23H26ClN3O3S2. The number of halogens is 1. The van der Waals surface area contributed by atoms with E-state index in [0.717, 1.165) is 28.4 Å². The normalized spacial score (nSPS) is 16.1. The molecule has 0 bridgehead atoms. The Morgan fingerprint density at radius 3 is 2.53 bits per heavy atom. The fourth-order valence-corrected chi connectivity index (χ4v) is 6.31. The third-order valence-electron chi connectivity index (χ3n) is 5.76. The average Bonchev–Trinajstić information content (AvgIpc) is 3.08. The van der Waals surface area contributed by atoms with Gasteiger partial charge in [0.25, 0.3) is 0 Å². The second-order valence-electron chi connectivity index (χ2n) is 8.20. The molecule has 170 valence electrons. The number of piperidine rings is 1. The number of nitrogens with zero attached hydrogens (tertiary/aromatic N) is 3. The Kier molecular flexibility index (Phi) is 6.74. The summed E-state index contributed by atoms with van der Waals surface area (Å²) in [5.41, 5.74) is 0. The number of fused-ring (bicyclic) bond motifs is 1. The van der Waals surface area contributed by atoms with Crippen molar-refractivity contribution < 1.29 is 13.2 Å². The van der Waals surface area contributed by atoms with E-state index < -0.39 is 9.84 Å². The van der Waals surface area contributed by atoms with E-state index in [1.165, 1.54) is 4.88 Å². The van der Waals surface area contributed by atoms with Gasteiger partial charge in [0.05, 0.1) is 16.7 Å². The van der Waals surface area contributed by atoms with E-state index in [0.29, 0.717) is 18.1 Å². The summed E-state index contributed by atoms with van der Waals surface area (Å²) < 4.78 is 27.6. The predicted molar refractivity (Wildman–Crippen MR) is 129 cm³/mol. The maximum atomic E-state index is 12.8. The maximum Gasteiger partial charge on any atom is 0.223 e. The smallest absolute Gasteiger partial charge is 0.223 e. The quantitative estimate of drug-likeness (QED) is 0.542. The summed E-state index contributed by atoms with van der Waals surface area (Å²) >= 11 is 7.66. The van der Waals surface area contributed by atoms with E-state index in [1.807, 2.05) is 11.6 Å². The molecule has 1 aromatic heterocycles. The molecule has 0 N–H and O–H groups in total. The topological polar surface area (TPSA) is 71.7 Å². The number of amides is 1. The van der Waals surface area contributed by atoms with Crippen LogP contribution in [0.1, 0.15) is 24.1 Å². The summed E-state index contributed by atoms with van der Waals surface area (Å²) in [6.45, 7) is 3.28. The fourth-order valence-electron chi connectivity index (χ4n) is 3.97. The first kappa shape index (κ1) is 23.0. The highest BCUT2D eigenvalue weighted by Gasteiger charge is 2.24. The van der Waals surface area contributed by atoms with E-state index in [2.05, 4.69) is 13.1 Å². The lowest BCUT2D eigenvalue weighted by Crippen LogP contribution is -2.40. The minimum atomic E-state index is -3.55. The van der Waals surface area contributed by atoms with Crippen molar-refractivity contribution in [3.8, 4) is 0 Å². The molecule has 1 saturated heterocycles. The molecule has 0 saturated carbocycles. The van der Waals surface area contributed by atoms with Crippen molar-refractivity contribution in [2.24, 2.45) is 12.0 Å². The number of hydrogen-bond donors (Lipinski definition) is 0. The van der Waals surface area contributed by atoms with Crippen LogP contribution in [-0.2, 0) is 21.7 Å². The van der Waals surface area contributed by atoms with Crippen LogP contribution in [-0.4, -0.2) is 48.7 Å². The Hall–Kier alpha value is -2.16. The van der Waals surface area contributed by atoms with E-state index in [1.54, 1.807) is 52.6 Å². The van der Waals surface area contributed by atoms with Crippen LogP contribution in [0.3, 0.4) is 0 Å². The highest BCUT2D eigenvalue weighted by molar-refractivity contribution is 7.91. The lowest BCUT2D eigenvalue weighted by molar-refractivity contribution is -0.131. The summed E-state index contributed by atoms with van der Waals surface area (Å²) in [5, 5.41) is 2.30. The maximum absolute atomic E-state index is 12.8. The van der Waals surface area contributed by atoms with Gasteiger partial charge in [-0.15, -0.1) is 11.3 Å². The highest BCUT2D eigenvalue weighted by atomic mass is 35.5. The summed E-state index contributed by atoms with van der Waals surface area (Å²) in [7, 11) is -1.56. The fraction of sp³-hybridized carbons (Fsp3) is 0.391. The number of aromatic nitrogens is 1. The molecule has 1 aliphatic heterocycles. The average molecular weight is 492 g/mol. The van der Waals surface area contributed by atoms with E-state index in [4.69, 9.17) is 16.6 Å². The molecule has 0 aliphatic carbocycles. The van der Waals surface area contributed by atoms with Gasteiger partial charge in [0.2, 0.25) is 5.91 Å². The van der Waals surface area contributed by atoms with Crippen molar-refractivity contribution in [3.05, 3.63) is 57.3 Å². The van der Waals surface area contributed by atoms with Gasteiger partial charge in [0.15, 0.2) is 14.6 Å². The van der Waals surface area contributed by atoms with Crippen molar-refractivity contribution in [2.75, 3.05) is 18.8 Å². The van der Waals surface area contributed by atoms with Gasteiger partial charge < -0.3 is 9.47 Å². The zero-order chi connectivity index (χ0) is 22.9. The Balaban J connectivity index is 1.35. The Bertz CT molecular complexity index is 1320. The molecule has 9 heteroatoms. The van der Waals surface area contributed by atoms with Crippen LogP contribution in [0.25, 0.3) is 10.8 Å². The van der Waals surface area contributed by atoms with Crippen LogP contribution in [0.4, 0.5) is 0 Å². The number of carbonyl (C=O) groups is 1. The van der Waals surface area contributed by atoms with Crippen molar-refractivity contribution in [1.29, 1.82) is 0 Å². The molecule has 1 aliphatic rings. The lowest BCUT2D eigenvalue weighted by atomic mass is 10.1. The van der Waals surface area contributed by atoms with Gasteiger partial charge in [-0.2, -0.15) is 0 Å². The number of aryl methyl sites for hydroxylation is 2. The van der Waals surface area contributed by atoms with Crippen LogP contribution in [0, 0.1) is 6.92 Å². The van der Waals surface area contributed by atoms with Crippen LogP contribution in [0.5, 0.6) is 0 Å². The number of benzene rings is 2. The minimum absolute atomic E-state index is 0.0120. The van der Waals surface area contributed by atoms with Gasteiger partial charge in [-0.25, -0.2) is 8.42 Å². The van der Waals surface area contributed by atoms with Gasteiger partial charge >= 0.3 is 0 Å². The predicted octanol–water partition coefficient (Wildman–Crippen LogP) is 3.96. The SMILES string of the molecule is Cc1cn(C)c(=NC2CCN(C(=O)CCS(=O)(=O)c3ccc4cc(Cl)ccc4c3)CC2)s1. The first-order valence-electron chi connectivity index (χ1n) is 10.6. The molecule has 0 atom stereocenters. The first-order chi connectivity index (χ1) is 15.2. The number of thiazole rings is 1. The van der Waals surface area contributed by atoms with Crippen LogP contribution < -0.4 is 4.80 Å². The highest BCUT2D eigenvalue weighted by Crippen LogP contribution is 2.24. The second kappa shape index (κ2) is 9.37. The third-order valence-corrected chi connectivity index (χ3v) is 8.71. The molecule has 2 aromatic carbocycles. The summed E-state index contributed by atoms with van der Waals surface area (Å²) in [6.07, 6.45) is 3.64. The molecule has 4 rings (SSSR count). The van der Waals surface area contributed by atoms with Gasteiger partial charge in [-0.05, 0) is 54.8 Å². The number of sulfone groups is 1. The number of carbonyl (C=O) groups excluding carboxylic acids is 1. The molecule has 32 heavy (non-hydrogen) atoms. The summed E-state index contributed by atoms with van der Waals surface area (Å²) in [4.78, 5) is 21.7. The van der Waals surface area contributed by atoms with E-state index >= 15 is 0 Å². The first-order valence-corrected chi connectivity index (χ1v) is 13.4. The van der Waals surface area contributed by atoms with Crippen molar-refractivity contribution >= 4 is 49.5 Å². The van der Waals surface area contributed by atoms with Gasteiger partial charge in [0.1, 0.15) is 0 Å². The molecule has 0 unspecified atom stereocenters. The zero-order valence-corrected chi connectivity index (χ0v) is 20.5. The standard InChI is InChI=1S/C23H26ClN3O3S2/c1-16-15-26(2)23(31-16)25-20-7-10-27(11-8-20)22(28)9-12-32(29,30)21-6-4-17-13-19(24)5-3-18(17)14-21/h3-6,13-15,20H,7-12H2,1-2H3. The monoisotopic (exact) mass is 491 g/mol. The molecule has 6 nitrogen and oxygen atoms in total. The molecular weight excluding hydrogens is 466 g/mol. The molecule has 2 heterocycles. The minimum Gasteiger partial charge on any atom is -0.343 e. The molecule has 1 amide bonds. The largest absolute Gasteiger partial charge is 0.343 e. The lowest BCUT2D eigenvalue weighted by Gasteiger charge is -2.30. The van der Waals surface area contributed by atoms with E-state index in [-0.39, 0.29) is 29.0 Å². The van der Waals surface area contributed by atoms with Crippen LogP contribution in [0.15, 0.2) is 52.5 Å². The molecule has 0 spiro atoms. The Labute approximate surface area is 197 Å². The van der Waals surface area contributed by atoms with Crippen LogP contribution >= 0.6 is 22.9 Å². The Morgan fingerprint density at radius 1 is 1.16 bits per heavy atom. The second-order valence-corrected chi connectivity index (χ2v) is 12.0. The van der Waals surface area contributed by atoms with Gasteiger partial charge in [-0.3, -0.25) is 9.79 Å². The summed E-state index contributed by atoms with van der Waals surface area (Å²) in [6, 6.07) is 10.5. The van der Waals surface area contributed by atoms with Gasteiger partial charge in [0, 0.05) is 42.7 Å². The summed E-state index contributed by atoms with van der Waals surface area (Å²) in [5.74, 6) is -0.309. The molecule has 0 radical (unpaired) electrons. The third kappa shape index (κ3) is 5.24. The van der Waals surface area contributed by atoms with Gasteiger partial charge in [-0.1, -0.05) is 23.7 Å². The molecule has 3 aromatic rings. The number of hydrogen-bond acceptors (Lipinski definition) is 5. The van der Waals surface area contributed by atoms with E-state index in [9.17, 15) is 13.2 Å². The van der Waals surface area contributed by atoms with Crippen molar-refractivity contribution in [3.63, 3.8) is 0 Å². The van der Waals surface area contributed by atoms with Crippen molar-refractivity contribution in [1.82, 2.24) is 9.47 Å². The number of rotatable bonds is 5. The van der Waals surface area contributed by atoms with Crippen LogP contribution in [0.2, 0.25) is 5.02 Å². The number of likely N-dealkylation sites (tertiary alicyclic amines) is 1. The van der Waals surface area contributed by atoms with Crippen molar-refractivity contribution in [2.45, 2.75) is 37.1 Å². The Morgan fingerprint density at radius 2 is 1.84 bits per heavy atom.